The number of hydrogen-bond acceptors (Lipinski definition) is 2. The Morgan fingerprint density at radius 2 is 0.962 bits per heavy atom. The van der Waals surface area contributed by atoms with Gasteiger partial charge in [-0.2, -0.15) is 0 Å². The van der Waals surface area contributed by atoms with Gasteiger partial charge in [0.2, 0.25) is 0 Å². The summed E-state index contributed by atoms with van der Waals surface area (Å²) in [5.74, 6) is 0. The van der Waals surface area contributed by atoms with E-state index >= 15 is 0 Å². The van der Waals surface area contributed by atoms with Crippen molar-refractivity contribution in [3.05, 3.63) is 209 Å². The van der Waals surface area contributed by atoms with Gasteiger partial charge in [-0.05, 0) is 115 Å². The van der Waals surface area contributed by atoms with Crippen LogP contribution in [0.4, 0.5) is 17.1 Å². The molecule has 1 nitrogen and oxygen atoms in total. The van der Waals surface area contributed by atoms with Crippen molar-refractivity contribution in [3.63, 3.8) is 0 Å². The van der Waals surface area contributed by atoms with Crippen molar-refractivity contribution < 1.29 is 0 Å². The van der Waals surface area contributed by atoms with Crippen LogP contribution in [0.5, 0.6) is 0 Å². The lowest BCUT2D eigenvalue weighted by Gasteiger charge is -2.40. The number of hydrogen-bond donors (Lipinski definition) is 0. The molecule has 1 aliphatic heterocycles. The van der Waals surface area contributed by atoms with E-state index in [0.717, 1.165) is 11.4 Å². The molecule has 11 rings (SSSR count). The zero-order chi connectivity index (χ0) is 34.6. The third kappa shape index (κ3) is 3.91. The molecule has 0 N–H and O–H groups in total. The Morgan fingerprint density at radius 1 is 0.404 bits per heavy atom. The first-order valence-corrected chi connectivity index (χ1v) is 19.0. The van der Waals surface area contributed by atoms with Crippen molar-refractivity contribution in [2.75, 3.05) is 4.90 Å². The SMILES string of the molecule is CC1(C)c2ccccc2-c2ccc(N(c3ccccc3)c3ccc4c5c(ccc4c3)Sc3ccccc3C53c4ccccc4-c4ccccc43)cc21. The van der Waals surface area contributed by atoms with Crippen LogP contribution in [0.1, 0.15) is 47.2 Å². The molecule has 0 aromatic heterocycles. The number of nitrogens with zero attached hydrogens (tertiary/aromatic N) is 1. The number of benzene rings is 8. The van der Waals surface area contributed by atoms with Gasteiger partial charge in [0.25, 0.3) is 0 Å². The van der Waals surface area contributed by atoms with Gasteiger partial charge >= 0.3 is 0 Å². The van der Waals surface area contributed by atoms with E-state index in [0.29, 0.717) is 0 Å². The highest BCUT2D eigenvalue weighted by Crippen LogP contribution is 2.63. The van der Waals surface area contributed by atoms with E-state index in [1.54, 1.807) is 0 Å². The molecule has 246 valence electrons. The molecular weight excluding hydrogens is 647 g/mol. The highest BCUT2D eigenvalue weighted by molar-refractivity contribution is 7.99. The zero-order valence-corrected chi connectivity index (χ0v) is 29.9. The van der Waals surface area contributed by atoms with Gasteiger partial charge in [0.05, 0.1) is 5.41 Å². The Balaban J connectivity index is 1.14. The fourth-order valence-electron chi connectivity index (χ4n) is 9.68. The Bertz CT molecular complexity index is 2710. The molecule has 2 aliphatic carbocycles. The van der Waals surface area contributed by atoms with Crippen molar-refractivity contribution in [2.24, 2.45) is 0 Å². The molecule has 0 saturated heterocycles. The van der Waals surface area contributed by atoms with Crippen molar-refractivity contribution >= 4 is 39.6 Å². The topological polar surface area (TPSA) is 3.24 Å². The molecule has 0 unspecified atom stereocenters. The maximum absolute atomic E-state index is 2.43. The van der Waals surface area contributed by atoms with Crippen LogP contribution in [0.25, 0.3) is 33.0 Å². The molecule has 52 heavy (non-hydrogen) atoms. The van der Waals surface area contributed by atoms with Gasteiger partial charge in [0, 0.05) is 32.3 Å². The van der Waals surface area contributed by atoms with Crippen molar-refractivity contribution in [1.82, 2.24) is 0 Å². The van der Waals surface area contributed by atoms with E-state index < -0.39 is 5.41 Å². The predicted octanol–water partition coefficient (Wildman–Crippen LogP) is 13.4. The minimum Gasteiger partial charge on any atom is -0.310 e. The minimum absolute atomic E-state index is 0.0805. The number of fused-ring (bicyclic) bond motifs is 14. The molecule has 1 heterocycles. The third-order valence-electron chi connectivity index (χ3n) is 11.9. The molecular formula is C50H35NS. The molecule has 0 amide bonds. The Labute approximate surface area is 309 Å². The molecule has 8 aromatic carbocycles. The third-order valence-corrected chi connectivity index (χ3v) is 13.0. The monoisotopic (exact) mass is 681 g/mol. The second kappa shape index (κ2) is 10.8. The van der Waals surface area contributed by atoms with Crippen molar-refractivity contribution in [1.29, 1.82) is 0 Å². The van der Waals surface area contributed by atoms with Crippen molar-refractivity contribution in [2.45, 2.75) is 34.5 Å². The summed E-state index contributed by atoms with van der Waals surface area (Å²) >= 11 is 1.91. The maximum atomic E-state index is 2.43. The lowest BCUT2D eigenvalue weighted by molar-refractivity contribution is 0.660. The summed E-state index contributed by atoms with van der Waals surface area (Å²) < 4.78 is 0. The summed E-state index contributed by atoms with van der Waals surface area (Å²) in [7, 11) is 0. The summed E-state index contributed by atoms with van der Waals surface area (Å²) in [5.41, 5.74) is 16.6. The Morgan fingerprint density at radius 3 is 1.69 bits per heavy atom. The zero-order valence-electron chi connectivity index (χ0n) is 29.1. The van der Waals surface area contributed by atoms with Gasteiger partial charge in [-0.15, -0.1) is 0 Å². The maximum Gasteiger partial charge on any atom is 0.0741 e. The van der Waals surface area contributed by atoms with Crippen LogP contribution in [-0.2, 0) is 10.8 Å². The summed E-state index contributed by atoms with van der Waals surface area (Å²) in [6.45, 7) is 4.72. The first-order chi connectivity index (χ1) is 25.5. The first kappa shape index (κ1) is 29.9. The summed E-state index contributed by atoms with van der Waals surface area (Å²) in [4.78, 5) is 5.08. The average Bonchev–Trinajstić information content (AvgIpc) is 3.61. The highest BCUT2D eigenvalue weighted by atomic mass is 32.2. The van der Waals surface area contributed by atoms with Crippen LogP contribution in [0.15, 0.2) is 186 Å². The van der Waals surface area contributed by atoms with Gasteiger partial charge in [-0.1, -0.05) is 153 Å². The molecule has 1 spiro atoms. The molecule has 0 fully saturated rings. The van der Waals surface area contributed by atoms with Gasteiger partial charge in [0.15, 0.2) is 0 Å². The number of para-hydroxylation sites is 1. The molecule has 0 radical (unpaired) electrons. The van der Waals surface area contributed by atoms with Gasteiger partial charge in [-0.3, -0.25) is 0 Å². The van der Waals surface area contributed by atoms with Crippen LogP contribution in [0.3, 0.4) is 0 Å². The number of rotatable bonds is 3. The lowest BCUT2D eigenvalue weighted by atomic mass is 9.66. The quantitative estimate of drug-likeness (QED) is 0.183. The molecule has 3 aliphatic rings. The second-order valence-electron chi connectivity index (χ2n) is 14.9. The van der Waals surface area contributed by atoms with Crippen LogP contribution < -0.4 is 4.90 Å². The van der Waals surface area contributed by atoms with Crippen LogP contribution in [0, 0.1) is 0 Å². The van der Waals surface area contributed by atoms with E-state index in [2.05, 4.69) is 195 Å². The molecule has 0 bridgehead atoms. The predicted molar refractivity (Wildman–Crippen MR) is 218 cm³/mol. The van der Waals surface area contributed by atoms with E-state index in [4.69, 9.17) is 0 Å². The average molecular weight is 682 g/mol. The second-order valence-corrected chi connectivity index (χ2v) is 15.9. The normalized spacial score (nSPS) is 15.0. The fourth-order valence-corrected chi connectivity index (χ4v) is 10.9. The molecule has 8 aromatic rings. The van der Waals surface area contributed by atoms with Gasteiger partial charge < -0.3 is 4.90 Å². The van der Waals surface area contributed by atoms with Crippen LogP contribution in [0.2, 0.25) is 0 Å². The number of anilines is 3. The molecule has 0 saturated carbocycles. The Hall–Kier alpha value is -5.83. The highest BCUT2D eigenvalue weighted by Gasteiger charge is 2.50. The van der Waals surface area contributed by atoms with Crippen LogP contribution in [-0.4, -0.2) is 0 Å². The van der Waals surface area contributed by atoms with E-state index in [-0.39, 0.29) is 5.41 Å². The van der Waals surface area contributed by atoms with E-state index in [1.165, 1.54) is 81.9 Å². The largest absolute Gasteiger partial charge is 0.310 e. The summed E-state index contributed by atoms with van der Waals surface area (Å²) in [5, 5.41) is 2.54. The summed E-state index contributed by atoms with van der Waals surface area (Å²) in [6.07, 6.45) is 0. The van der Waals surface area contributed by atoms with Gasteiger partial charge in [0.1, 0.15) is 0 Å². The van der Waals surface area contributed by atoms with E-state index in [9.17, 15) is 0 Å². The minimum atomic E-state index is -0.412. The first-order valence-electron chi connectivity index (χ1n) is 18.2. The fraction of sp³-hybridized carbons (Fsp3) is 0.0800. The smallest absolute Gasteiger partial charge is 0.0741 e. The molecule has 2 heteroatoms. The van der Waals surface area contributed by atoms with Crippen LogP contribution >= 0.6 is 11.8 Å². The van der Waals surface area contributed by atoms with Gasteiger partial charge in [-0.25, -0.2) is 0 Å². The standard InChI is InChI=1S/C50H35NS/c1-49(2)41-19-9-6-16-37(41)40-28-26-35(31-45(40)49)51(33-14-4-3-5-15-33)34-25-27-36-32(30-34)24-29-47-48(36)50(44-22-12-13-23-46(44)52-47)42-20-10-7-17-38(42)39-18-8-11-21-43(39)50/h3-31H,1-2H3. The molecule has 0 atom stereocenters. The Kier molecular flexibility index (Phi) is 6.22. The lowest BCUT2D eigenvalue weighted by Crippen LogP contribution is -2.32. The summed E-state index contributed by atoms with van der Waals surface area (Å²) in [6, 6.07) is 65.8. The van der Waals surface area contributed by atoms with Crippen molar-refractivity contribution in [3.8, 4) is 22.3 Å². The van der Waals surface area contributed by atoms with E-state index in [1.807, 2.05) is 11.8 Å².